The van der Waals surface area contributed by atoms with Crippen molar-refractivity contribution < 1.29 is 0 Å². The highest BCUT2D eigenvalue weighted by molar-refractivity contribution is 9.10. The van der Waals surface area contributed by atoms with E-state index in [1.165, 1.54) is 31.4 Å². The molecule has 2 nitrogen and oxygen atoms in total. The van der Waals surface area contributed by atoms with E-state index in [0.29, 0.717) is 6.04 Å². The van der Waals surface area contributed by atoms with E-state index in [4.69, 9.17) is 5.26 Å². The standard InChI is InChI=1S/C14H17BrN2/c1-11-5-3-2-4-6-17(11)14-8-12(10-16)7-13(15)9-14/h7-9,11H,2-6H2,1H3. The summed E-state index contributed by atoms with van der Waals surface area (Å²) in [4.78, 5) is 2.43. The van der Waals surface area contributed by atoms with Crippen LogP contribution in [0.25, 0.3) is 0 Å². The molecule has 1 unspecified atom stereocenters. The first kappa shape index (κ1) is 12.4. The van der Waals surface area contributed by atoms with Crippen molar-refractivity contribution in [3.8, 4) is 6.07 Å². The first-order valence-corrected chi connectivity index (χ1v) is 6.97. The molecule has 0 bridgehead atoms. The third-order valence-electron chi connectivity index (χ3n) is 3.40. The van der Waals surface area contributed by atoms with E-state index in [2.05, 4.69) is 39.9 Å². The minimum atomic E-state index is 0.568. The lowest BCUT2D eigenvalue weighted by atomic mass is 10.1. The summed E-state index contributed by atoms with van der Waals surface area (Å²) < 4.78 is 0.989. The number of halogens is 1. The molecule has 1 fully saturated rings. The van der Waals surface area contributed by atoms with Crippen LogP contribution in [0.2, 0.25) is 0 Å². The molecule has 1 aliphatic heterocycles. The summed E-state index contributed by atoms with van der Waals surface area (Å²) in [7, 11) is 0. The van der Waals surface area contributed by atoms with E-state index in [1.807, 2.05) is 12.1 Å². The predicted molar refractivity (Wildman–Crippen MR) is 74.1 cm³/mol. The van der Waals surface area contributed by atoms with Crippen LogP contribution in [0, 0.1) is 11.3 Å². The Bertz CT molecular complexity index is 436. The quantitative estimate of drug-likeness (QED) is 0.779. The zero-order valence-electron chi connectivity index (χ0n) is 10.1. The highest BCUT2D eigenvalue weighted by Gasteiger charge is 2.17. The lowest BCUT2D eigenvalue weighted by Crippen LogP contribution is -2.32. The van der Waals surface area contributed by atoms with Crippen LogP contribution in [0.15, 0.2) is 22.7 Å². The second kappa shape index (κ2) is 5.55. The summed E-state index contributed by atoms with van der Waals surface area (Å²) in [5, 5.41) is 9.02. The Hall–Kier alpha value is -1.01. The molecule has 0 radical (unpaired) electrons. The Labute approximate surface area is 111 Å². The van der Waals surface area contributed by atoms with Gasteiger partial charge in [0.1, 0.15) is 0 Å². The molecule has 0 aliphatic carbocycles. The number of nitriles is 1. The van der Waals surface area contributed by atoms with E-state index in [1.54, 1.807) is 0 Å². The molecule has 0 N–H and O–H groups in total. The molecule has 1 aliphatic rings. The van der Waals surface area contributed by atoms with E-state index in [0.717, 1.165) is 16.6 Å². The monoisotopic (exact) mass is 292 g/mol. The van der Waals surface area contributed by atoms with Gasteiger partial charge in [0.15, 0.2) is 0 Å². The Kier molecular flexibility index (Phi) is 4.06. The maximum Gasteiger partial charge on any atom is 0.0992 e. The third-order valence-corrected chi connectivity index (χ3v) is 3.85. The molecule has 3 heteroatoms. The molecule has 90 valence electrons. The van der Waals surface area contributed by atoms with Crippen molar-refractivity contribution in [2.45, 2.75) is 38.6 Å². The number of benzene rings is 1. The first-order valence-electron chi connectivity index (χ1n) is 6.18. The van der Waals surface area contributed by atoms with Gasteiger partial charge in [-0.2, -0.15) is 5.26 Å². The largest absolute Gasteiger partial charge is 0.369 e. The summed E-state index contributed by atoms with van der Waals surface area (Å²) in [6.45, 7) is 3.38. The molecule has 0 saturated carbocycles. The van der Waals surface area contributed by atoms with Crippen LogP contribution in [0.1, 0.15) is 38.2 Å². The summed E-state index contributed by atoms with van der Waals surface area (Å²) in [5.41, 5.74) is 1.90. The van der Waals surface area contributed by atoms with Gasteiger partial charge in [-0.05, 0) is 38.0 Å². The van der Waals surface area contributed by atoms with Crippen molar-refractivity contribution in [3.63, 3.8) is 0 Å². The van der Waals surface area contributed by atoms with Gasteiger partial charge in [0.05, 0.1) is 11.6 Å². The lowest BCUT2D eigenvalue weighted by molar-refractivity contribution is 0.616. The van der Waals surface area contributed by atoms with Gasteiger partial charge in [0, 0.05) is 22.7 Å². The molecule has 0 aromatic heterocycles. The molecule has 0 amide bonds. The molecule has 1 heterocycles. The normalized spacial score (nSPS) is 20.8. The van der Waals surface area contributed by atoms with Gasteiger partial charge in [-0.15, -0.1) is 0 Å². The van der Waals surface area contributed by atoms with E-state index in [9.17, 15) is 0 Å². The molecular formula is C14H17BrN2. The number of hydrogen-bond acceptors (Lipinski definition) is 2. The highest BCUT2D eigenvalue weighted by Crippen LogP contribution is 2.27. The van der Waals surface area contributed by atoms with Gasteiger partial charge in [0.25, 0.3) is 0 Å². The molecule has 17 heavy (non-hydrogen) atoms. The fraction of sp³-hybridized carbons (Fsp3) is 0.500. The van der Waals surface area contributed by atoms with Gasteiger partial charge in [0.2, 0.25) is 0 Å². The summed E-state index contributed by atoms with van der Waals surface area (Å²) in [5.74, 6) is 0. The highest BCUT2D eigenvalue weighted by atomic mass is 79.9. The van der Waals surface area contributed by atoms with Crippen molar-refractivity contribution >= 4 is 21.6 Å². The Morgan fingerprint density at radius 2 is 2.12 bits per heavy atom. The van der Waals surface area contributed by atoms with Crippen LogP contribution < -0.4 is 4.90 Å². The average molecular weight is 293 g/mol. The number of hydrogen-bond donors (Lipinski definition) is 0. The second-order valence-electron chi connectivity index (χ2n) is 4.70. The molecule has 1 atom stereocenters. The van der Waals surface area contributed by atoms with Crippen LogP contribution in [-0.4, -0.2) is 12.6 Å². The lowest BCUT2D eigenvalue weighted by Gasteiger charge is -2.29. The van der Waals surface area contributed by atoms with Gasteiger partial charge in [-0.25, -0.2) is 0 Å². The van der Waals surface area contributed by atoms with Crippen LogP contribution in [0.3, 0.4) is 0 Å². The third kappa shape index (κ3) is 3.01. The number of nitrogens with zero attached hydrogens (tertiary/aromatic N) is 2. The molecule has 1 aromatic rings. The molecular weight excluding hydrogens is 276 g/mol. The Morgan fingerprint density at radius 1 is 1.29 bits per heavy atom. The van der Waals surface area contributed by atoms with Gasteiger partial charge in [-0.1, -0.05) is 28.8 Å². The zero-order chi connectivity index (χ0) is 12.3. The Morgan fingerprint density at radius 3 is 2.88 bits per heavy atom. The van der Waals surface area contributed by atoms with Crippen molar-refractivity contribution in [3.05, 3.63) is 28.2 Å². The van der Waals surface area contributed by atoms with E-state index >= 15 is 0 Å². The van der Waals surface area contributed by atoms with Gasteiger partial charge >= 0.3 is 0 Å². The molecule has 1 saturated heterocycles. The predicted octanol–water partition coefficient (Wildman–Crippen LogP) is 4.09. The average Bonchev–Trinajstić information content (AvgIpc) is 2.53. The molecule has 0 spiro atoms. The van der Waals surface area contributed by atoms with Crippen molar-refractivity contribution in [1.29, 1.82) is 5.26 Å². The smallest absolute Gasteiger partial charge is 0.0992 e. The maximum atomic E-state index is 9.02. The molecule has 1 aromatic carbocycles. The van der Waals surface area contributed by atoms with E-state index < -0.39 is 0 Å². The minimum absolute atomic E-state index is 0.568. The van der Waals surface area contributed by atoms with Crippen LogP contribution in [0.5, 0.6) is 0 Å². The SMILES string of the molecule is CC1CCCCCN1c1cc(Br)cc(C#N)c1. The van der Waals surface area contributed by atoms with Gasteiger partial charge < -0.3 is 4.90 Å². The summed E-state index contributed by atoms with van der Waals surface area (Å²) in [6, 6.07) is 8.76. The van der Waals surface area contributed by atoms with E-state index in [-0.39, 0.29) is 0 Å². The number of anilines is 1. The van der Waals surface area contributed by atoms with Crippen LogP contribution in [0.4, 0.5) is 5.69 Å². The van der Waals surface area contributed by atoms with Crippen molar-refractivity contribution in [2.24, 2.45) is 0 Å². The summed E-state index contributed by atoms with van der Waals surface area (Å²) in [6.07, 6.45) is 5.13. The van der Waals surface area contributed by atoms with Crippen LogP contribution >= 0.6 is 15.9 Å². The molecule has 2 rings (SSSR count). The van der Waals surface area contributed by atoms with Crippen LogP contribution in [-0.2, 0) is 0 Å². The van der Waals surface area contributed by atoms with Crippen molar-refractivity contribution in [1.82, 2.24) is 0 Å². The van der Waals surface area contributed by atoms with Gasteiger partial charge in [-0.3, -0.25) is 0 Å². The Balaban J connectivity index is 2.31. The zero-order valence-corrected chi connectivity index (χ0v) is 11.7. The van der Waals surface area contributed by atoms with Crippen molar-refractivity contribution in [2.75, 3.05) is 11.4 Å². The second-order valence-corrected chi connectivity index (χ2v) is 5.62. The fourth-order valence-corrected chi connectivity index (χ4v) is 2.94. The maximum absolute atomic E-state index is 9.02. The topological polar surface area (TPSA) is 27.0 Å². The fourth-order valence-electron chi connectivity index (χ4n) is 2.46. The number of rotatable bonds is 1. The summed E-state index contributed by atoms with van der Waals surface area (Å²) >= 11 is 3.48. The first-order chi connectivity index (χ1) is 8.20. The minimum Gasteiger partial charge on any atom is -0.369 e.